The minimum atomic E-state index is 0.197. The lowest BCUT2D eigenvalue weighted by Gasteiger charge is -2.37. The van der Waals surface area contributed by atoms with Gasteiger partial charge in [-0.25, -0.2) is 0 Å². The molecule has 0 unspecified atom stereocenters. The van der Waals surface area contributed by atoms with Crippen LogP contribution < -0.4 is 4.90 Å². The number of nitrogens with one attached hydrogen (secondary N) is 1. The van der Waals surface area contributed by atoms with E-state index in [9.17, 15) is 4.79 Å². The van der Waals surface area contributed by atoms with E-state index in [0.717, 1.165) is 47.7 Å². The number of aryl methyl sites for hydroxylation is 1. The molecule has 1 N–H and O–H groups in total. The Morgan fingerprint density at radius 3 is 2.65 bits per heavy atom. The molecule has 0 bridgehead atoms. The predicted octanol–water partition coefficient (Wildman–Crippen LogP) is 4.02. The van der Waals surface area contributed by atoms with E-state index < -0.39 is 0 Å². The van der Waals surface area contributed by atoms with Crippen LogP contribution in [-0.2, 0) is 11.2 Å². The van der Waals surface area contributed by atoms with Crippen molar-refractivity contribution >= 4 is 34.1 Å². The van der Waals surface area contributed by atoms with Crippen LogP contribution in [0.5, 0.6) is 0 Å². The second-order valence-corrected chi connectivity index (χ2v) is 7.27. The second kappa shape index (κ2) is 7.04. The Bertz CT molecular complexity index is 941. The maximum Gasteiger partial charge on any atom is 0.227 e. The molecule has 1 aromatic heterocycles. The zero-order valence-electron chi connectivity index (χ0n) is 14.8. The molecule has 0 aliphatic carbocycles. The molecular weight excluding hydrogens is 346 g/mol. The van der Waals surface area contributed by atoms with Gasteiger partial charge in [-0.3, -0.25) is 4.79 Å². The van der Waals surface area contributed by atoms with E-state index >= 15 is 0 Å². The molecule has 0 atom stereocenters. The highest BCUT2D eigenvalue weighted by atomic mass is 35.5. The van der Waals surface area contributed by atoms with Gasteiger partial charge in [-0.1, -0.05) is 29.8 Å². The minimum Gasteiger partial charge on any atom is -0.368 e. The summed E-state index contributed by atoms with van der Waals surface area (Å²) in [5.74, 6) is 0.197. The highest BCUT2D eigenvalue weighted by molar-refractivity contribution is 6.30. The van der Waals surface area contributed by atoms with Crippen LogP contribution >= 0.6 is 11.6 Å². The summed E-state index contributed by atoms with van der Waals surface area (Å²) in [5, 5.41) is 1.90. The van der Waals surface area contributed by atoms with Crippen LogP contribution in [0.15, 0.2) is 48.7 Å². The van der Waals surface area contributed by atoms with Gasteiger partial charge in [0.2, 0.25) is 5.91 Å². The molecule has 2 heterocycles. The Kier molecular flexibility index (Phi) is 4.60. The summed E-state index contributed by atoms with van der Waals surface area (Å²) in [6, 6.07) is 14.1. The number of amides is 1. The van der Waals surface area contributed by atoms with E-state index in [2.05, 4.69) is 28.9 Å². The third kappa shape index (κ3) is 3.29. The second-order valence-electron chi connectivity index (χ2n) is 6.83. The fraction of sp³-hybridized carbons (Fsp3) is 0.286. The van der Waals surface area contributed by atoms with Crippen molar-refractivity contribution in [2.45, 2.75) is 13.3 Å². The van der Waals surface area contributed by atoms with Gasteiger partial charge in [0.25, 0.3) is 0 Å². The van der Waals surface area contributed by atoms with Gasteiger partial charge in [0.1, 0.15) is 0 Å². The lowest BCUT2D eigenvalue weighted by molar-refractivity contribution is -0.130. The molecule has 1 aliphatic rings. The number of aromatic nitrogens is 1. The van der Waals surface area contributed by atoms with Gasteiger partial charge < -0.3 is 14.8 Å². The number of nitrogens with zero attached hydrogens (tertiary/aromatic N) is 2. The maximum absolute atomic E-state index is 12.7. The molecule has 4 nitrogen and oxygen atoms in total. The van der Waals surface area contributed by atoms with Crippen molar-refractivity contribution < 1.29 is 4.79 Å². The summed E-state index contributed by atoms with van der Waals surface area (Å²) in [4.78, 5) is 20.3. The molecule has 4 rings (SSSR count). The van der Waals surface area contributed by atoms with Crippen LogP contribution in [0.25, 0.3) is 10.9 Å². The SMILES string of the molecule is Cc1cc(Cl)ccc1N1CCN(C(=O)Cc2c[nH]c3ccccc23)CC1. The quantitative estimate of drug-likeness (QED) is 0.759. The van der Waals surface area contributed by atoms with E-state index in [0.29, 0.717) is 6.42 Å². The molecule has 0 spiro atoms. The number of para-hydroxylation sites is 1. The van der Waals surface area contributed by atoms with Gasteiger partial charge in [0.15, 0.2) is 0 Å². The first-order chi connectivity index (χ1) is 12.6. The number of anilines is 1. The molecule has 0 radical (unpaired) electrons. The van der Waals surface area contributed by atoms with E-state index in [1.54, 1.807) is 0 Å². The summed E-state index contributed by atoms with van der Waals surface area (Å²) in [6.07, 6.45) is 2.40. The normalized spacial score (nSPS) is 14.8. The van der Waals surface area contributed by atoms with Crippen LogP contribution in [-0.4, -0.2) is 42.0 Å². The lowest BCUT2D eigenvalue weighted by atomic mass is 10.1. The first-order valence-electron chi connectivity index (χ1n) is 8.96. The van der Waals surface area contributed by atoms with Gasteiger partial charge in [0.05, 0.1) is 6.42 Å². The number of benzene rings is 2. The molecule has 1 saturated heterocycles. The number of H-pyrrole nitrogens is 1. The number of carbonyl (C=O) groups excluding carboxylic acids is 1. The standard InChI is InChI=1S/C21H22ClN3O/c1-15-12-17(22)6-7-20(15)24-8-10-25(11-9-24)21(26)13-16-14-23-19-5-3-2-4-18(16)19/h2-7,12,14,23H,8-11,13H2,1H3. The van der Waals surface area contributed by atoms with Crippen molar-refractivity contribution in [1.82, 2.24) is 9.88 Å². The van der Waals surface area contributed by atoms with Crippen molar-refractivity contribution in [3.63, 3.8) is 0 Å². The summed E-state index contributed by atoms with van der Waals surface area (Å²) in [5.41, 5.74) is 4.54. The van der Waals surface area contributed by atoms with Crippen LogP contribution in [0.1, 0.15) is 11.1 Å². The van der Waals surface area contributed by atoms with Crippen LogP contribution in [0.4, 0.5) is 5.69 Å². The van der Waals surface area contributed by atoms with Crippen molar-refractivity contribution in [2.75, 3.05) is 31.1 Å². The van der Waals surface area contributed by atoms with Crippen molar-refractivity contribution in [2.24, 2.45) is 0 Å². The van der Waals surface area contributed by atoms with Crippen LogP contribution in [0, 0.1) is 6.92 Å². The van der Waals surface area contributed by atoms with E-state index in [1.165, 1.54) is 11.3 Å². The van der Waals surface area contributed by atoms with Gasteiger partial charge in [-0.2, -0.15) is 0 Å². The van der Waals surface area contributed by atoms with Crippen molar-refractivity contribution in [3.8, 4) is 0 Å². The van der Waals surface area contributed by atoms with Gasteiger partial charge in [-0.15, -0.1) is 0 Å². The number of hydrogen-bond donors (Lipinski definition) is 1. The first-order valence-corrected chi connectivity index (χ1v) is 9.33. The molecule has 2 aromatic carbocycles. The number of carbonyl (C=O) groups is 1. The third-order valence-corrected chi connectivity index (χ3v) is 5.38. The molecular formula is C21H22ClN3O. The first kappa shape index (κ1) is 17.0. The Morgan fingerprint density at radius 1 is 1.12 bits per heavy atom. The zero-order valence-corrected chi connectivity index (χ0v) is 15.6. The third-order valence-electron chi connectivity index (χ3n) is 5.15. The Hall–Kier alpha value is -2.46. The van der Waals surface area contributed by atoms with Crippen molar-refractivity contribution in [1.29, 1.82) is 0 Å². The molecule has 1 fully saturated rings. The molecule has 1 aliphatic heterocycles. The zero-order chi connectivity index (χ0) is 18.1. The topological polar surface area (TPSA) is 39.3 Å². The monoisotopic (exact) mass is 367 g/mol. The maximum atomic E-state index is 12.7. The average molecular weight is 368 g/mol. The molecule has 26 heavy (non-hydrogen) atoms. The smallest absolute Gasteiger partial charge is 0.227 e. The Morgan fingerprint density at radius 2 is 1.88 bits per heavy atom. The fourth-order valence-electron chi connectivity index (χ4n) is 3.72. The van der Waals surface area contributed by atoms with Gasteiger partial charge in [0, 0.05) is 54.0 Å². The predicted molar refractivity (Wildman–Crippen MR) is 107 cm³/mol. The number of aromatic amines is 1. The largest absolute Gasteiger partial charge is 0.368 e. The summed E-state index contributed by atoms with van der Waals surface area (Å²) in [7, 11) is 0. The fourth-order valence-corrected chi connectivity index (χ4v) is 3.95. The molecule has 134 valence electrons. The van der Waals surface area contributed by atoms with E-state index in [4.69, 9.17) is 11.6 Å². The van der Waals surface area contributed by atoms with Crippen molar-refractivity contribution in [3.05, 3.63) is 64.8 Å². The van der Waals surface area contributed by atoms with Gasteiger partial charge >= 0.3 is 0 Å². The van der Waals surface area contributed by atoms with Crippen LogP contribution in [0.2, 0.25) is 5.02 Å². The average Bonchev–Trinajstić information content (AvgIpc) is 3.05. The van der Waals surface area contributed by atoms with E-state index in [-0.39, 0.29) is 5.91 Å². The minimum absolute atomic E-state index is 0.197. The number of hydrogen-bond acceptors (Lipinski definition) is 2. The molecule has 5 heteroatoms. The highest BCUT2D eigenvalue weighted by Gasteiger charge is 2.22. The molecule has 3 aromatic rings. The number of fused-ring (bicyclic) bond motifs is 1. The number of rotatable bonds is 3. The summed E-state index contributed by atoms with van der Waals surface area (Å²) in [6.45, 7) is 5.28. The summed E-state index contributed by atoms with van der Waals surface area (Å²) < 4.78 is 0. The highest BCUT2D eigenvalue weighted by Crippen LogP contribution is 2.25. The Labute approximate surface area is 158 Å². The van der Waals surface area contributed by atoms with Crippen LogP contribution in [0.3, 0.4) is 0 Å². The van der Waals surface area contributed by atoms with E-state index in [1.807, 2.05) is 41.4 Å². The summed E-state index contributed by atoms with van der Waals surface area (Å²) >= 11 is 6.06. The number of halogens is 1. The van der Waals surface area contributed by atoms with Gasteiger partial charge in [-0.05, 0) is 42.3 Å². The Balaban J connectivity index is 1.40. The molecule has 1 amide bonds. The molecule has 0 saturated carbocycles. The lowest BCUT2D eigenvalue weighted by Crippen LogP contribution is -2.49. The number of piperazine rings is 1.